The Morgan fingerprint density at radius 3 is 2.26 bits per heavy atom. The molecule has 0 amide bonds. The van der Waals surface area contributed by atoms with Gasteiger partial charge in [-0.15, -0.1) is 0 Å². The van der Waals surface area contributed by atoms with Crippen molar-refractivity contribution in [2.45, 2.75) is 30.8 Å². The van der Waals surface area contributed by atoms with Gasteiger partial charge in [0.15, 0.2) is 23.3 Å². The SMILES string of the molecule is OC1(c2ccccc2)CC2Cc3c(F)c(F)c(F)c(F)c3C1C2. The lowest BCUT2D eigenvalue weighted by Crippen LogP contribution is -2.30. The third-order valence-corrected chi connectivity index (χ3v) is 5.26. The number of benzene rings is 2. The summed E-state index contributed by atoms with van der Waals surface area (Å²) in [6.07, 6.45) is 0.860. The monoisotopic (exact) mass is 322 g/mol. The van der Waals surface area contributed by atoms with E-state index < -0.39 is 34.8 Å². The van der Waals surface area contributed by atoms with E-state index in [0.717, 1.165) is 0 Å². The quantitative estimate of drug-likeness (QED) is 0.474. The molecule has 1 N–H and O–H groups in total. The summed E-state index contributed by atoms with van der Waals surface area (Å²) < 4.78 is 55.6. The van der Waals surface area contributed by atoms with Crippen LogP contribution in [0.4, 0.5) is 17.6 Å². The fourth-order valence-electron chi connectivity index (χ4n) is 4.30. The molecule has 23 heavy (non-hydrogen) atoms. The van der Waals surface area contributed by atoms with Gasteiger partial charge in [0.05, 0.1) is 5.60 Å². The molecule has 0 aromatic heterocycles. The molecule has 4 rings (SSSR count). The van der Waals surface area contributed by atoms with Gasteiger partial charge >= 0.3 is 0 Å². The highest BCUT2D eigenvalue weighted by Gasteiger charge is 2.53. The van der Waals surface area contributed by atoms with Crippen molar-refractivity contribution in [1.29, 1.82) is 0 Å². The molecule has 0 aliphatic heterocycles. The van der Waals surface area contributed by atoms with E-state index in [1.165, 1.54) is 0 Å². The molecule has 3 unspecified atom stereocenters. The van der Waals surface area contributed by atoms with Gasteiger partial charge in [-0.2, -0.15) is 0 Å². The van der Waals surface area contributed by atoms with Crippen molar-refractivity contribution in [3.63, 3.8) is 0 Å². The molecule has 0 radical (unpaired) electrons. The van der Waals surface area contributed by atoms with Gasteiger partial charge in [-0.05, 0) is 36.3 Å². The van der Waals surface area contributed by atoms with Crippen molar-refractivity contribution in [2.75, 3.05) is 0 Å². The van der Waals surface area contributed by atoms with Gasteiger partial charge in [0.2, 0.25) is 0 Å². The minimum Gasteiger partial charge on any atom is -0.385 e. The van der Waals surface area contributed by atoms with Crippen LogP contribution in [0.3, 0.4) is 0 Å². The summed E-state index contributed by atoms with van der Waals surface area (Å²) in [5.74, 6) is -7.14. The zero-order valence-electron chi connectivity index (χ0n) is 12.1. The Hall–Kier alpha value is -1.88. The fraction of sp³-hybridized carbons (Fsp3) is 0.333. The zero-order chi connectivity index (χ0) is 16.4. The lowest BCUT2D eigenvalue weighted by Gasteiger charge is -2.32. The number of fused-ring (bicyclic) bond motifs is 4. The Balaban J connectivity index is 1.95. The van der Waals surface area contributed by atoms with Crippen LogP contribution < -0.4 is 0 Å². The van der Waals surface area contributed by atoms with E-state index in [9.17, 15) is 22.7 Å². The molecule has 0 heterocycles. The van der Waals surface area contributed by atoms with Crippen LogP contribution in [0.15, 0.2) is 30.3 Å². The summed E-state index contributed by atoms with van der Waals surface area (Å²) in [5, 5.41) is 11.1. The lowest BCUT2D eigenvalue weighted by atomic mass is 9.76. The van der Waals surface area contributed by atoms with Gasteiger partial charge in [-0.3, -0.25) is 0 Å². The van der Waals surface area contributed by atoms with Crippen LogP contribution in [0.2, 0.25) is 0 Å². The van der Waals surface area contributed by atoms with Gasteiger partial charge in [-0.25, -0.2) is 17.6 Å². The van der Waals surface area contributed by atoms with Crippen LogP contribution in [-0.4, -0.2) is 5.11 Å². The van der Waals surface area contributed by atoms with Crippen molar-refractivity contribution < 1.29 is 22.7 Å². The van der Waals surface area contributed by atoms with E-state index >= 15 is 0 Å². The zero-order valence-corrected chi connectivity index (χ0v) is 12.1. The predicted octanol–water partition coefficient (Wildman–Crippen LogP) is 4.18. The second-order valence-electron chi connectivity index (χ2n) is 6.50. The average Bonchev–Trinajstić information content (AvgIpc) is 2.84. The van der Waals surface area contributed by atoms with E-state index in [1.807, 2.05) is 0 Å². The molecule has 3 atom stereocenters. The van der Waals surface area contributed by atoms with Gasteiger partial charge in [-0.1, -0.05) is 30.3 Å². The van der Waals surface area contributed by atoms with Gasteiger partial charge < -0.3 is 5.11 Å². The van der Waals surface area contributed by atoms with Crippen molar-refractivity contribution in [2.24, 2.45) is 5.92 Å². The molecule has 0 spiro atoms. The van der Waals surface area contributed by atoms with Crippen LogP contribution in [0, 0.1) is 29.2 Å². The first-order valence-corrected chi connectivity index (χ1v) is 7.56. The molecular weight excluding hydrogens is 308 g/mol. The van der Waals surface area contributed by atoms with Crippen LogP contribution in [0.5, 0.6) is 0 Å². The molecule has 2 aromatic carbocycles. The number of hydrogen-bond donors (Lipinski definition) is 1. The van der Waals surface area contributed by atoms with E-state index in [0.29, 0.717) is 18.4 Å². The second-order valence-corrected chi connectivity index (χ2v) is 6.50. The normalized spacial score (nSPS) is 28.7. The van der Waals surface area contributed by atoms with Crippen LogP contribution in [0.25, 0.3) is 0 Å². The van der Waals surface area contributed by atoms with Gasteiger partial charge in [0.1, 0.15) is 0 Å². The van der Waals surface area contributed by atoms with Gasteiger partial charge in [0.25, 0.3) is 0 Å². The maximum absolute atomic E-state index is 14.3. The molecule has 1 saturated carbocycles. The Morgan fingerprint density at radius 2 is 1.57 bits per heavy atom. The second kappa shape index (κ2) is 4.81. The molecule has 5 heteroatoms. The largest absolute Gasteiger partial charge is 0.385 e. The molecule has 0 saturated heterocycles. The molecule has 2 aliphatic carbocycles. The highest BCUT2D eigenvalue weighted by molar-refractivity contribution is 5.43. The first-order chi connectivity index (χ1) is 10.9. The summed E-state index contributed by atoms with van der Waals surface area (Å²) in [7, 11) is 0. The molecule has 2 aromatic rings. The van der Waals surface area contributed by atoms with E-state index in [2.05, 4.69) is 0 Å². The van der Waals surface area contributed by atoms with Crippen molar-refractivity contribution in [3.8, 4) is 0 Å². The molecule has 2 aliphatic rings. The summed E-state index contributed by atoms with van der Waals surface area (Å²) in [6.45, 7) is 0. The summed E-state index contributed by atoms with van der Waals surface area (Å²) in [6, 6.07) is 8.72. The topological polar surface area (TPSA) is 20.2 Å². The Labute approximate surface area is 130 Å². The van der Waals surface area contributed by atoms with Crippen LogP contribution in [0.1, 0.15) is 35.4 Å². The molecule has 120 valence electrons. The molecular formula is C18H14F4O. The first-order valence-electron chi connectivity index (χ1n) is 7.56. The highest BCUT2D eigenvalue weighted by atomic mass is 19.2. The van der Waals surface area contributed by atoms with Crippen molar-refractivity contribution in [1.82, 2.24) is 0 Å². The number of rotatable bonds is 1. The first kappa shape index (κ1) is 14.7. The van der Waals surface area contributed by atoms with Crippen LogP contribution in [-0.2, 0) is 12.0 Å². The molecule has 1 fully saturated rings. The highest BCUT2D eigenvalue weighted by Crippen LogP contribution is 2.57. The number of halogens is 4. The molecule has 1 nitrogen and oxygen atoms in total. The minimum atomic E-state index is -1.80. The number of hydrogen-bond acceptors (Lipinski definition) is 1. The van der Waals surface area contributed by atoms with Crippen LogP contribution >= 0.6 is 0 Å². The van der Waals surface area contributed by atoms with Crippen molar-refractivity contribution >= 4 is 0 Å². The summed E-state index contributed by atoms with van der Waals surface area (Å²) in [5.41, 5.74) is -1.14. The third kappa shape index (κ3) is 1.89. The minimum absolute atomic E-state index is 0.0866. The van der Waals surface area contributed by atoms with Gasteiger partial charge in [0, 0.05) is 11.5 Å². The Morgan fingerprint density at radius 1 is 0.913 bits per heavy atom. The number of aliphatic hydroxyl groups is 1. The third-order valence-electron chi connectivity index (χ3n) is 5.26. The summed E-state index contributed by atoms with van der Waals surface area (Å²) in [4.78, 5) is 0. The van der Waals surface area contributed by atoms with Crippen molar-refractivity contribution in [3.05, 3.63) is 70.3 Å². The fourth-order valence-corrected chi connectivity index (χ4v) is 4.30. The maximum Gasteiger partial charge on any atom is 0.197 e. The van der Waals surface area contributed by atoms with E-state index in [4.69, 9.17) is 0 Å². The smallest absolute Gasteiger partial charge is 0.197 e. The lowest BCUT2D eigenvalue weighted by molar-refractivity contribution is 0.0233. The predicted molar refractivity (Wildman–Crippen MR) is 75.8 cm³/mol. The van der Waals surface area contributed by atoms with E-state index in [1.54, 1.807) is 30.3 Å². The maximum atomic E-state index is 14.3. The Bertz CT molecular complexity index is 790. The summed E-state index contributed by atoms with van der Waals surface area (Å²) >= 11 is 0. The standard InChI is InChI=1S/C18H14F4O/c19-14-11-6-9-7-12(13(11)15(20)17(22)16(14)21)18(23,8-9)10-4-2-1-3-5-10/h1-5,9,12,23H,6-8H2. The van der Waals surface area contributed by atoms with E-state index in [-0.39, 0.29) is 23.5 Å². The Kier molecular flexibility index (Phi) is 3.07. The molecule has 2 bridgehead atoms. The average molecular weight is 322 g/mol.